The molecule has 112 valence electrons. The van der Waals surface area contributed by atoms with Crippen molar-refractivity contribution < 1.29 is 9.47 Å². The van der Waals surface area contributed by atoms with Gasteiger partial charge in [0.05, 0.1) is 10.9 Å². The van der Waals surface area contributed by atoms with Gasteiger partial charge < -0.3 is 14.8 Å². The fourth-order valence-corrected chi connectivity index (χ4v) is 3.48. The van der Waals surface area contributed by atoms with E-state index in [9.17, 15) is 0 Å². The minimum absolute atomic E-state index is 0.596. The average Bonchev–Trinajstić information content (AvgIpc) is 3.24. The summed E-state index contributed by atoms with van der Waals surface area (Å²) in [5.41, 5.74) is 1.15. The second-order valence-electron chi connectivity index (χ2n) is 5.12. The number of benzene rings is 1. The summed E-state index contributed by atoms with van der Waals surface area (Å²) in [6, 6.07) is 10.8. The van der Waals surface area contributed by atoms with Gasteiger partial charge in [-0.3, -0.25) is 0 Å². The first-order chi connectivity index (χ1) is 10.2. The van der Waals surface area contributed by atoms with E-state index in [1.165, 1.54) is 17.7 Å². The normalized spacial score (nSPS) is 14.2. The van der Waals surface area contributed by atoms with E-state index in [1.807, 2.05) is 18.2 Å². The van der Waals surface area contributed by atoms with Crippen LogP contribution in [0.2, 0.25) is 0 Å². The van der Waals surface area contributed by atoms with Crippen molar-refractivity contribution in [3.05, 3.63) is 44.6 Å². The molecule has 1 aliphatic rings. The van der Waals surface area contributed by atoms with E-state index in [4.69, 9.17) is 9.47 Å². The summed E-state index contributed by atoms with van der Waals surface area (Å²) in [5.74, 6) is 1.79. The molecule has 1 saturated carbocycles. The van der Waals surface area contributed by atoms with Gasteiger partial charge in [-0.2, -0.15) is 0 Å². The van der Waals surface area contributed by atoms with Gasteiger partial charge in [0, 0.05) is 23.0 Å². The standard InChI is InChI=1S/C16H18BrNO2S/c1-19-13-4-6-15(11(8-13)9-18-12-2-3-12)20-10-14-5-7-16(17)21-14/h4-8,12,18H,2-3,9-10H2,1H3. The predicted molar refractivity (Wildman–Crippen MR) is 89.2 cm³/mol. The van der Waals surface area contributed by atoms with Gasteiger partial charge in [-0.05, 0) is 59.1 Å². The number of hydrogen-bond donors (Lipinski definition) is 1. The van der Waals surface area contributed by atoms with Crippen molar-refractivity contribution in [2.45, 2.75) is 32.0 Å². The van der Waals surface area contributed by atoms with Gasteiger partial charge in [0.25, 0.3) is 0 Å². The molecule has 3 rings (SSSR count). The van der Waals surface area contributed by atoms with Crippen LogP contribution < -0.4 is 14.8 Å². The molecule has 0 aliphatic heterocycles. The molecule has 1 N–H and O–H groups in total. The molecule has 2 aromatic rings. The zero-order valence-corrected chi connectivity index (χ0v) is 14.3. The van der Waals surface area contributed by atoms with Gasteiger partial charge >= 0.3 is 0 Å². The van der Waals surface area contributed by atoms with Crippen LogP contribution in [0.15, 0.2) is 34.1 Å². The van der Waals surface area contributed by atoms with Crippen LogP contribution in [0, 0.1) is 0 Å². The highest BCUT2D eigenvalue weighted by atomic mass is 79.9. The summed E-state index contributed by atoms with van der Waals surface area (Å²) in [4.78, 5) is 1.21. The molecule has 1 aromatic carbocycles. The maximum atomic E-state index is 5.98. The molecular formula is C16H18BrNO2S. The van der Waals surface area contributed by atoms with E-state index >= 15 is 0 Å². The van der Waals surface area contributed by atoms with E-state index in [0.29, 0.717) is 12.6 Å². The molecule has 21 heavy (non-hydrogen) atoms. The Hall–Kier alpha value is -1.04. The number of ether oxygens (including phenoxy) is 2. The molecular weight excluding hydrogens is 350 g/mol. The van der Waals surface area contributed by atoms with Gasteiger partial charge in [0.2, 0.25) is 0 Å². The quantitative estimate of drug-likeness (QED) is 0.788. The monoisotopic (exact) mass is 367 g/mol. The Morgan fingerprint density at radius 2 is 2.14 bits per heavy atom. The second kappa shape index (κ2) is 6.81. The van der Waals surface area contributed by atoms with Crippen molar-refractivity contribution >= 4 is 27.3 Å². The Labute approximate surface area is 137 Å². The Bertz CT molecular complexity index is 610. The zero-order valence-electron chi connectivity index (χ0n) is 11.9. The van der Waals surface area contributed by atoms with Crippen LogP contribution in [-0.2, 0) is 13.2 Å². The van der Waals surface area contributed by atoms with Crippen LogP contribution in [0.25, 0.3) is 0 Å². The van der Waals surface area contributed by atoms with Crippen molar-refractivity contribution in [3.63, 3.8) is 0 Å². The summed E-state index contributed by atoms with van der Waals surface area (Å²) < 4.78 is 12.4. The topological polar surface area (TPSA) is 30.5 Å². The van der Waals surface area contributed by atoms with Crippen molar-refractivity contribution in [1.29, 1.82) is 0 Å². The molecule has 0 atom stereocenters. The van der Waals surface area contributed by atoms with Crippen molar-refractivity contribution in [2.75, 3.05) is 7.11 Å². The summed E-state index contributed by atoms with van der Waals surface area (Å²) in [7, 11) is 1.69. The molecule has 5 heteroatoms. The Morgan fingerprint density at radius 1 is 1.29 bits per heavy atom. The fourth-order valence-electron chi connectivity index (χ4n) is 2.08. The first-order valence-corrected chi connectivity index (χ1v) is 8.63. The molecule has 1 aromatic heterocycles. The van der Waals surface area contributed by atoms with Gasteiger partial charge in [-0.25, -0.2) is 0 Å². The van der Waals surface area contributed by atoms with E-state index in [-0.39, 0.29) is 0 Å². The minimum atomic E-state index is 0.596. The Kier molecular flexibility index (Phi) is 4.83. The molecule has 1 aliphatic carbocycles. The van der Waals surface area contributed by atoms with Crippen molar-refractivity contribution in [1.82, 2.24) is 5.32 Å². The molecule has 0 spiro atoms. The van der Waals surface area contributed by atoms with Gasteiger partial charge in [0.15, 0.2) is 0 Å². The molecule has 3 nitrogen and oxygen atoms in total. The van der Waals surface area contributed by atoms with Gasteiger partial charge in [-0.15, -0.1) is 11.3 Å². The lowest BCUT2D eigenvalue weighted by atomic mass is 10.2. The van der Waals surface area contributed by atoms with Gasteiger partial charge in [0.1, 0.15) is 18.1 Å². The van der Waals surface area contributed by atoms with Gasteiger partial charge in [-0.1, -0.05) is 0 Å². The molecule has 0 unspecified atom stereocenters. The van der Waals surface area contributed by atoms with Crippen LogP contribution in [-0.4, -0.2) is 13.2 Å². The highest BCUT2D eigenvalue weighted by molar-refractivity contribution is 9.11. The van der Waals surface area contributed by atoms with E-state index in [1.54, 1.807) is 18.4 Å². The van der Waals surface area contributed by atoms with Crippen LogP contribution in [0.5, 0.6) is 11.5 Å². The van der Waals surface area contributed by atoms with E-state index in [0.717, 1.165) is 27.4 Å². The van der Waals surface area contributed by atoms with Crippen LogP contribution in [0.4, 0.5) is 0 Å². The maximum Gasteiger partial charge on any atom is 0.124 e. The summed E-state index contributed by atoms with van der Waals surface area (Å²) in [5, 5.41) is 3.53. The number of thiophene rings is 1. The summed E-state index contributed by atoms with van der Waals surface area (Å²) in [6.07, 6.45) is 2.56. The largest absolute Gasteiger partial charge is 0.497 e. The summed E-state index contributed by atoms with van der Waals surface area (Å²) in [6.45, 7) is 1.42. The number of methoxy groups -OCH3 is 1. The number of hydrogen-bond acceptors (Lipinski definition) is 4. The highest BCUT2D eigenvalue weighted by Gasteiger charge is 2.20. The first kappa shape index (κ1) is 14.9. The third-order valence-corrected chi connectivity index (χ3v) is 5.02. The lowest BCUT2D eigenvalue weighted by Crippen LogP contribution is -2.16. The third kappa shape index (κ3) is 4.22. The predicted octanol–water partition coefficient (Wildman–Crippen LogP) is 4.35. The van der Waals surface area contributed by atoms with Crippen molar-refractivity contribution in [3.8, 4) is 11.5 Å². The molecule has 0 amide bonds. The molecule has 1 heterocycles. The SMILES string of the molecule is COc1ccc(OCc2ccc(Br)s2)c(CNC2CC2)c1. The number of rotatable bonds is 7. The lowest BCUT2D eigenvalue weighted by Gasteiger charge is -2.13. The van der Waals surface area contributed by atoms with Crippen LogP contribution in [0.1, 0.15) is 23.3 Å². The maximum absolute atomic E-state index is 5.98. The second-order valence-corrected chi connectivity index (χ2v) is 7.67. The van der Waals surface area contributed by atoms with E-state index < -0.39 is 0 Å². The number of halogens is 1. The zero-order chi connectivity index (χ0) is 14.7. The Morgan fingerprint density at radius 3 is 2.81 bits per heavy atom. The molecule has 0 saturated heterocycles. The average molecular weight is 368 g/mol. The lowest BCUT2D eigenvalue weighted by molar-refractivity contribution is 0.304. The number of nitrogens with one attached hydrogen (secondary N) is 1. The fraction of sp³-hybridized carbons (Fsp3) is 0.375. The van der Waals surface area contributed by atoms with Crippen molar-refractivity contribution in [2.24, 2.45) is 0 Å². The highest BCUT2D eigenvalue weighted by Crippen LogP contribution is 2.28. The molecule has 0 radical (unpaired) electrons. The third-order valence-electron chi connectivity index (χ3n) is 3.42. The molecule has 1 fully saturated rings. The Balaban J connectivity index is 1.69. The molecule has 0 bridgehead atoms. The van der Waals surface area contributed by atoms with E-state index in [2.05, 4.69) is 33.4 Å². The smallest absolute Gasteiger partial charge is 0.124 e. The first-order valence-electron chi connectivity index (χ1n) is 7.02. The minimum Gasteiger partial charge on any atom is -0.497 e. The summed E-state index contributed by atoms with van der Waals surface area (Å²) >= 11 is 5.18. The van der Waals surface area contributed by atoms with Crippen LogP contribution in [0.3, 0.4) is 0 Å². The van der Waals surface area contributed by atoms with Crippen LogP contribution >= 0.6 is 27.3 Å².